The van der Waals surface area contributed by atoms with Crippen molar-refractivity contribution in [3.05, 3.63) is 18.5 Å². The SMILES string of the molecule is CCN1CCC(n2nnc3cnc4[nH]ccc4c32)C(F)(F)C1. The van der Waals surface area contributed by atoms with E-state index in [0.29, 0.717) is 36.2 Å². The molecule has 0 spiro atoms. The van der Waals surface area contributed by atoms with Crippen molar-refractivity contribution in [1.29, 1.82) is 0 Å². The van der Waals surface area contributed by atoms with Gasteiger partial charge in [0, 0.05) is 18.1 Å². The molecule has 8 heteroatoms. The van der Waals surface area contributed by atoms with Crippen LogP contribution in [-0.4, -0.2) is 55.4 Å². The number of likely N-dealkylation sites (tertiary alicyclic amines) is 1. The first-order chi connectivity index (χ1) is 10.6. The molecular formula is C14H16F2N6. The highest BCUT2D eigenvalue weighted by molar-refractivity contribution is 6.00. The second kappa shape index (κ2) is 4.70. The molecule has 22 heavy (non-hydrogen) atoms. The van der Waals surface area contributed by atoms with E-state index in [-0.39, 0.29) is 6.54 Å². The van der Waals surface area contributed by atoms with Gasteiger partial charge < -0.3 is 4.98 Å². The summed E-state index contributed by atoms with van der Waals surface area (Å²) in [5, 5.41) is 8.80. The minimum atomic E-state index is -2.83. The number of hydrogen-bond donors (Lipinski definition) is 1. The van der Waals surface area contributed by atoms with Crippen LogP contribution >= 0.6 is 0 Å². The van der Waals surface area contributed by atoms with Gasteiger partial charge in [-0.05, 0) is 19.0 Å². The fourth-order valence-corrected chi connectivity index (χ4v) is 3.23. The topological polar surface area (TPSA) is 62.6 Å². The minimum Gasteiger partial charge on any atom is -0.346 e. The number of hydrogen-bond acceptors (Lipinski definition) is 4. The Kier molecular flexibility index (Phi) is 2.90. The Labute approximate surface area is 125 Å². The molecule has 6 nitrogen and oxygen atoms in total. The van der Waals surface area contributed by atoms with E-state index >= 15 is 0 Å². The van der Waals surface area contributed by atoms with Crippen molar-refractivity contribution in [3.63, 3.8) is 0 Å². The lowest BCUT2D eigenvalue weighted by Gasteiger charge is -2.37. The minimum absolute atomic E-state index is 0.239. The zero-order valence-corrected chi connectivity index (χ0v) is 12.1. The van der Waals surface area contributed by atoms with Gasteiger partial charge in [-0.2, -0.15) is 0 Å². The maximum Gasteiger partial charge on any atom is 0.282 e. The molecule has 0 amide bonds. The van der Waals surface area contributed by atoms with E-state index < -0.39 is 12.0 Å². The third-order valence-electron chi connectivity index (χ3n) is 4.40. The average molecular weight is 306 g/mol. The highest BCUT2D eigenvalue weighted by atomic mass is 19.3. The molecule has 1 N–H and O–H groups in total. The lowest BCUT2D eigenvalue weighted by molar-refractivity contribution is -0.105. The number of alkyl halides is 2. The third-order valence-corrected chi connectivity index (χ3v) is 4.40. The highest BCUT2D eigenvalue weighted by Crippen LogP contribution is 2.38. The standard InChI is InChI=1S/C14H16F2N6/c1-2-21-6-4-11(14(15,16)8-21)22-12-9-3-5-17-13(9)18-7-10(12)19-20-22/h3,5,7,11H,2,4,6,8H2,1H3,(H,17,18). The van der Waals surface area contributed by atoms with E-state index in [0.717, 1.165) is 5.39 Å². The molecule has 3 aromatic rings. The molecule has 1 saturated heterocycles. The largest absolute Gasteiger partial charge is 0.346 e. The van der Waals surface area contributed by atoms with Gasteiger partial charge in [0.15, 0.2) is 0 Å². The highest BCUT2D eigenvalue weighted by Gasteiger charge is 2.46. The lowest BCUT2D eigenvalue weighted by atomic mass is 10.0. The Morgan fingerprint density at radius 3 is 3.09 bits per heavy atom. The Morgan fingerprint density at radius 1 is 1.45 bits per heavy atom. The monoisotopic (exact) mass is 306 g/mol. The summed E-state index contributed by atoms with van der Waals surface area (Å²) in [5.74, 6) is -2.83. The van der Waals surface area contributed by atoms with Gasteiger partial charge >= 0.3 is 0 Å². The number of aromatic nitrogens is 5. The summed E-state index contributed by atoms with van der Waals surface area (Å²) in [7, 11) is 0. The molecule has 1 atom stereocenters. The number of halogens is 2. The van der Waals surface area contributed by atoms with Crippen molar-refractivity contribution in [1.82, 2.24) is 29.9 Å². The fourth-order valence-electron chi connectivity index (χ4n) is 3.23. The number of H-pyrrole nitrogens is 1. The molecule has 1 fully saturated rings. The smallest absolute Gasteiger partial charge is 0.282 e. The summed E-state index contributed by atoms with van der Waals surface area (Å²) in [6, 6.07) is 0.852. The van der Waals surface area contributed by atoms with Crippen LogP contribution in [0.2, 0.25) is 0 Å². The number of aromatic amines is 1. The summed E-state index contributed by atoms with van der Waals surface area (Å²) in [6.07, 6.45) is 3.66. The van der Waals surface area contributed by atoms with E-state index in [1.807, 2.05) is 13.0 Å². The van der Waals surface area contributed by atoms with Crippen LogP contribution in [0.4, 0.5) is 8.78 Å². The average Bonchev–Trinajstić information content (AvgIpc) is 3.11. The summed E-state index contributed by atoms with van der Waals surface area (Å²) in [5.41, 5.74) is 1.83. The van der Waals surface area contributed by atoms with Gasteiger partial charge in [-0.15, -0.1) is 5.10 Å². The van der Waals surface area contributed by atoms with E-state index in [1.54, 1.807) is 17.3 Å². The van der Waals surface area contributed by atoms with Crippen molar-refractivity contribution in [2.24, 2.45) is 0 Å². The van der Waals surface area contributed by atoms with Crippen molar-refractivity contribution in [2.75, 3.05) is 19.6 Å². The van der Waals surface area contributed by atoms with E-state index in [9.17, 15) is 8.78 Å². The Morgan fingerprint density at radius 2 is 2.32 bits per heavy atom. The summed E-state index contributed by atoms with van der Waals surface area (Å²) < 4.78 is 30.5. The zero-order valence-electron chi connectivity index (χ0n) is 12.1. The molecule has 0 aromatic carbocycles. The van der Waals surface area contributed by atoms with Gasteiger partial charge in [0.05, 0.1) is 12.7 Å². The molecule has 116 valence electrons. The molecule has 3 aromatic heterocycles. The molecule has 0 radical (unpaired) electrons. The van der Waals surface area contributed by atoms with Gasteiger partial charge in [-0.1, -0.05) is 12.1 Å². The Hall–Kier alpha value is -2.09. The van der Waals surface area contributed by atoms with Crippen molar-refractivity contribution >= 4 is 22.1 Å². The van der Waals surface area contributed by atoms with Crippen LogP contribution in [0.3, 0.4) is 0 Å². The van der Waals surface area contributed by atoms with Crippen LogP contribution in [0.25, 0.3) is 22.1 Å². The second-order valence-electron chi connectivity index (χ2n) is 5.70. The van der Waals surface area contributed by atoms with Gasteiger partial charge in [0.1, 0.15) is 22.7 Å². The predicted octanol–water partition coefficient (Wildman–Crippen LogP) is 2.21. The predicted molar refractivity (Wildman–Crippen MR) is 77.9 cm³/mol. The van der Waals surface area contributed by atoms with Gasteiger partial charge in [0.2, 0.25) is 0 Å². The van der Waals surface area contributed by atoms with Crippen LogP contribution in [0.1, 0.15) is 19.4 Å². The van der Waals surface area contributed by atoms with E-state index in [2.05, 4.69) is 20.3 Å². The first kappa shape index (κ1) is 13.6. The fraction of sp³-hybridized carbons (Fsp3) is 0.500. The van der Waals surface area contributed by atoms with Crippen molar-refractivity contribution < 1.29 is 8.78 Å². The number of nitrogens with zero attached hydrogens (tertiary/aromatic N) is 5. The maximum atomic E-state index is 14.6. The summed E-state index contributed by atoms with van der Waals surface area (Å²) in [4.78, 5) is 8.98. The summed E-state index contributed by atoms with van der Waals surface area (Å²) in [6.45, 7) is 2.93. The van der Waals surface area contributed by atoms with Crippen molar-refractivity contribution in [2.45, 2.75) is 25.3 Å². The van der Waals surface area contributed by atoms with Crippen LogP contribution in [0, 0.1) is 0 Å². The molecule has 4 rings (SSSR count). The van der Waals surface area contributed by atoms with Gasteiger partial charge in [-0.25, -0.2) is 18.4 Å². The molecule has 0 bridgehead atoms. The number of pyridine rings is 1. The van der Waals surface area contributed by atoms with Crippen LogP contribution in [0.15, 0.2) is 18.5 Å². The van der Waals surface area contributed by atoms with Gasteiger partial charge in [0.25, 0.3) is 5.92 Å². The normalized spacial score (nSPS) is 22.6. The van der Waals surface area contributed by atoms with Crippen LogP contribution < -0.4 is 0 Å². The molecule has 4 heterocycles. The number of rotatable bonds is 2. The zero-order chi connectivity index (χ0) is 15.3. The maximum absolute atomic E-state index is 14.6. The first-order valence-electron chi connectivity index (χ1n) is 7.37. The number of nitrogens with one attached hydrogen (secondary N) is 1. The second-order valence-corrected chi connectivity index (χ2v) is 5.70. The molecule has 0 aliphatic carbocycles. The molecule has 1 unspecified atom stereocenters. The lowest BCUT2D eigenvalue weighted by Crippen LogP contribution is -2.49. The molecule has 1 aliphatic heterocycles. The van der Waals surface area contributed by atoms with E-state index in [4.69, 9.17) is 0 Å². The van der Waals surface area contributed by atoms with Crippen LogP contribution in [-0.2, 0) is 0 Å². The van der Waals surface area contributed by atoms with Crippen molar-refractivity contribution in [3.8, 4) is 0 Å². The number of piperidine rings is 1. The first-order valence-corrected chi connectivity index (χ1v) is 7.37. The molecule has 0 saturated carbocycles. The Bertz CT molecular complexity index is 823. The number of fused-ring (bicyclic) bond motifs is 3. The quantitative estimate of drug-likeness (QED) is 0.788. The molecule has 1 aliphatic rings. The molecular weight excluding hydrogens is 290 g/mol. The summed E-state index contributed by atoms with van der Waals surface area (Å²) >= 11 is 0. The third kappa shape index (κ3) is 1.90. The Balaban J connectivity index is 1.85. The van der Waals surface area contributed by atoms with Crippen LogP contribution in [0.5, 0.6) is 0 Å². The van der Waals surface area contributed by atoms with Gasteiger partial charge in [-0.3, -0.25) is 4.90 Å². The van der Waals surface area contributed by atoms with E-state index in [1.165, 1.54) is 4.68 Å².